The Morgan fingerprint density at radius 1 is 0.950 bits per heavy atom. The van der Waals surface area contributed by atoms with Gasteiger partial charge in [0.1, 0.15) is 4.83 Å². The summed E-state index contributed by atoms with van der Waals surface area (Å²) in [5, 5.41) is 0. The van der Waals surface area contributed by atoms with Gasteiger partial charge in [-0.25, -0.2) is 4.79 Å². The maximum absolute atomic E-state index is 12.3. The van der Waals surface area contributed by atoms with Crippen molar-refractivity contribution in [3.05, 3.63) is 71.3 Å². The molecule has 0 aliphatic heterocycles. The molecule has 2 aromatic rings. The molecule has 0 fully saturated rings. The molecule has 2 rings (SSSR count). The van der Waals surface area contributed by atoms with Crippen molar-refractivity contribution in [3.63, 3.8) is 0 Å². The van der Waals surface area contributed by atoms with Gasteiger partial charge in [-0.05, 0) is 17.7 Å². The summed E-state index contributed by atoms with van der Waals surface area (Å²) in [7, 11) is 1.32. The fraction of sp³-hybridized carbons (Fsp3) is 0.125. The highest BCUT2D eigenvalue weighted by Gasteiger charge is 2.19. The monoisotopic (exact) mass is 332 g/mol. The first-order valence-corrected chi connectivity index (χ1v) is 6.96. The number of halogens is 1. The van der Waals surface area contributed by atoms with E-state index in [0.29, 0.717) is 11.1 Å². The van der Waals surface area contributed by atoms with Crippen LogP contribution in [0.25, 0.3) is 0 Å². The van der Waals surface area contributed by atoms with Gasteiger partial charge in [-0.15, -0.1) is 0 Å². The summed E-state index contributed by atoms with van der Waals surface area (Å²) < 4.78 is 4.62. The molecule has 0 aliphatic carbocycles. The number of ketones is 1. The van der Waals surface area contributed by atoms with E-state index in [0.717, 1.165) is 5.56 Å². The van der Waals surface area contributed by atoms with Crippen molar-refractivity contribution in [1.29, 1.82) is 0 Å². The summed E-state index contributed by atoms with van der Waals surface area (Å²) in [6.45, 7) is 0. The van der Waals surface area contributed by atoms with Gasteiger partial charge in [0.2, 0.25) is 0 Å². The third kappa shape index (κ3) is 3.14. The van der Waals surface area contributed by atoms with E-state index in [1.165, 1.54) is 7.11 Å². The summed E-state index contributed by atoms with van der Waals surface area (Å²) in [6.07, 6.45) is 0. The van der Waals surface area contributed by atoms with Crippen molar-refractivity contribution in [3.8, 4) is 0 Å². The standard InChI is InChI=1S/C16H13BrO3/c1-20-16(19)13-9-7-12(8-10-13)15(18)14(17)11-5-3-2-4-6-11/h2-10,14H,1H3/t14-/m0/s1. The Labute approximate surface area is 125 Å². The number of esters is 1. The molecule has 0 N–H and O–H groups in total. The third-order valence-corrected chi connectivity index (χ3v) is 3.86. The lowest BCUT2D eigenvalue weighted by Gasteiger charge is -2.09. The average molecular weight is 333 g/mol. The third-order valence-electron chi connectivity index (χ3n) is 2.91. The zero-order valence-electron chi connectivity index (χ0n) is 10.9. The van der Waals surface area contributed by atoms with Gasteiger partial charge >= 0.3 is 5.97 Å². The fourth-order valence-electron chi connectivity index (χ4n) is 1.81. The quantitative estimate of drug-likeness (QED) is 0.486. The van der Waals surface area contributed by atoms with Gasteiger partial charge in [-0.1, -0.05) is 58.4 Å². The Morgan fingerprint density at radius 3 is 2.05 bits per heavy atom. The molecule has 3 nitrogen and oxygen atoms in total. The zero-order valence-corrected chi connectivity index (χ0v) is 12.5. The lowest BCUT2D eigenvalue weighted by atomic mass is 10.0. The van der Waals surface area contributed by atoms with E-state index in [4.69, 9.17) is 0 Å². The van der Waals surface area contributed by atoms with Gasteiger partial charge < -0.3 is 4.74 Å². The number of methoxy groups -OCH3 is 1. The molecule has 20 heavy (non-hydrogen) atoms. The SMILES string of the molecule is COC(=O)c1ccc(C(=O)[C@@H](Br)c2ccccc2)cc1. The molecular formula is C16H13BrO3. The molecule has 0 amide bonds. The first kappa shape index (κ1) is 14.5. The number of benzene rings is 2. The first-order chi connectivity index (χ1) is 9.63. The van der Waals surface area contributed by atoms with Gasteiger partial charge in [0.05, 0.1) is 12.7 Å². The van der Waals surface area contributed by atoms with Crippen LogP contribution in [-0.2, 0) is 4.74 Å². The van der Waals surface area contributed by atoms with E-state index in [1.54, 1.807) is 24.3 Å². The maximum Gasteiger partial charge on any atom is 0.337 e. The summed E-state index contributed by atoms with van der Waals surface area (Å²) >= 11 is 3.41. The van der Waals surface area contributed by atoms with Crippen LogP contribution >= 0.6 is 15.9 Å². The number of carbonyl (C=O) groups is 2. The highest BCUT2D eigenvalue weighted by atomic mass is 79.9. The lowest BCUT2D eigenvalue weighted by Crippen LogP contribution is -2.08. The van der Waals surface area contributed by atoms with Crippen LogP contribution in [0, 0.1) is 0 Å². The Bertz CT molecular complexity index is 605. The van der Waals surface area contributed by atoms with Crippen molar-refractivity contribution in [2.75, 3.05) is 7.11 Å². The van der Waals surface area contributed by atoms with E-state index in [9.17, 15) is 9.59 Å². The van der Waals surface area contributed by atoms with Crippen LogP contribution in [0.4, 0.5) is 0 Å². The number of alkyl halides is 1. The molecule has 102 valence electrons. The van der Waals surface area contributed by atoms with Crippen LogP contribution in [0.1, 0.15) is 31.1 Å². The summed E-state index contributed by atoms with van der Waals surface area (Å²) in [5.74, 6) is -0.463. The number of ether oxygens (including phenoxy) is 1. The lowest BCUT2D eigenvalue weighted by molar-refractivity contribution is 0.0600. The van der Waals surface area contributed by atoms with Crippen molar-refractivity contribution in [2.24, 2.45) is 0 Å². The molecule has 0 bridgehead atoms. The molecule has 0 aromatic heterocycles. The maximum atomic E-state index is 12.3. The molecule has 0 saturated heterocycles. The van der Waals surface area contributed by atoms with E-state index >= 15 is 0 Å². The number of Topliss-reactive ketones (excluding diaryl/α,β-unsaturated/α-hetero) is 1. The Balaban J connectivity index is 2.19. The minimum atomic E-state index is -0.414. The molecule has 0 spiro atoms. The number of hydrogen-bond acceptors (Lipinski definition) is 3. The van der Waals surface area contributed by atoms with Gasteiger partial charge in [-0.2, -0.15) is 0 Å². The second kappa shape index (κ2) is 6.48. The van der Waals surface area contributed by atoms with Crippen LogP contribution < -0.4 is 0 Å². The van der Waals surface area contributed by atoms with Crippen LogP contribution in [0.15, 0.2) is 54.6 Å². The molecule has 0 radical (unpaired) electrons. The van der Waals surface area contributed by atoms with E-state index < -0.39 is 10.8 Å². The fourth-order valence-corrected chi connectivity index (χ4v) is 2.38. The van der Waals surface area contributed by atoms with E-state index in [1.807, 2.05) is 30.3 Å². The van der Waals surface area contributed by atoms with E-state index in [2.05, 4.69) is 20.7 Å². The largest absolute Gasteiger partial charge is 0.465 e. The molecule has 0 saturated carbocycles. The van der Waals surface area contributed by atoms with E-state index in [-0.39, 0.29) is 5.78 Å². The Kier molecular flexibility index (Phi) is 4.69. The van der Waals surface area contributed by atoms with Crippen LogP contribution in [0.3, 0.4) is 0 Å². The van der Waals surface area contributed by atoms with Crippen LogP contribution in [0.2, 0.25) is 0 Å². The number of hydrogen-bond donors (Lipinski definition) is 0. The summed E-state index contributed by atoms with van der Waals surface area (Å²) in [5.41, 5.74) is 1.87. The second-order valence-electron chi connectivity index (χ2n) is 4.21. The normalized spacial score (nSPS) is 11.7. The van der Waals surface area contributed by atoms with Gasteiger partial charge in [0.25, 0.3) is 0 Å². The zero-order chi connectivity index (χ0) is 14.5. The van der Waals surface area contributed by atoms with Crippen LogP contribution in [-0.4, -0.2) is 18.9 Å². The predicted molar refractivity (Wildman–Crippen MR) is 80.2 cm³/mol. The number of rotatable bonds is 4. The first-order valence-electron chi connectivity index (χ1n) is 6.05. The smallest absolute Gasteiger partial charge is 0.337 e. The van der Waals surface area contributed by atoms with Gasteiger partial charge in [0.15, 0.2) is 5.78 Å². The molecule has 4 heteroatoms. The highest BCUT2D eigenvalue weighted by molar-refractivity contribution is 9.09. The van der Waals surface area contributed by atoms with Crippen molar-refractivity contribution in [2.45, 2.75) is 4.83 Å². The molecular weight excluding hydrogens is 320 g/mol. The average Bonchev–Trinajstić information content (AvgIpc) is 2.53. The Morgan fingerprint density at radius 2 is 1.50 bits per heavy atom. The second-order valence-corrected chi connectivity index (χ2v) is 5.12. The predicted octanol–water partition coefficient (Wildman–Crippen LogP) is 3.79. The van der Waals surface area contributed by atoms with Crippen LogP contribution in [0.5, 0.6) is 0 Å². The molecule has 0 aliphatic rings. The summed E-state index contributed by atoms with van der Waals surface area (Å²) in [4.78, 5) is 23.3. The molecule has 1 atom stereocenters. The van der Waals surface area contributed by atoms with Gasteiger partial charge in [-0.3, -0.25) is 4.79 Å². The minimum absolute atomic E-state index is 0.0485. The highest BCUT2D eigenvalue weighted by Crippen LogP contribution is 2.26. The molecule has 0 heterocycles. The molecule has 0 unspecified atom stereocenters. The molecule has 2 aromatic carbocycles. The van der Waals surface area contributed by atoms with Crippen molar-refractivity contribution in [1.82, 2.24) is 0 Å². The number of carbonyl (C=O) groups excluding carboxylic acids is 2. The topological polar surface area (TPSA) is 43.4 Å². The summed E-state index contributed by atoms with van der Waals surface area (Å²) in [6, 6.07) is 15.9. The van der Waals surface area contributed by atoms with Gasteiger partial charge in [0, 0.05) is 5.56 Å². The minimum Gasteiger partial charge on any atom is -0.465 e. The Hall–Kier alpha value is -1.94. The van der Waals surface area contributed by atoms with Crippen molar-refractivity contribution >= 4 is 27.7 Å². The van der Waals surface area contributed by atoms with Crippen molar-refractivity contribution < 1.29 is 14.3 Å².